The van der Waals surface area contributed by atoms with Gasteiger partial charge in [-0.25, -0.2) is 9.78 Å². The second-order valence-corrected chi connectivity index (χ2v) is 10.2. The van der Waals surface area contributed by atoms with Crippen molar-refractivity contribution in [3.05, 3.63) is 77.9 Å². The van der Waals surface area contributed by atoms with Crippen molar-refractivity contribution in [2.24, 2.45) is 0 Å². The largest absolute Gasteiger partial charge is 0.493 e. The molecule has 1 amide bonds. The summed E-state index contributed by atoms with van der Waals surface area (Å²) in [5.74, 6) is 1.93. The fourth-order valence-corrected chi connectivity index (χ4v) is 5.20. The lowest BCUT2D eigenvalue weighted by Crippen LogP contribution is -2.50. The van der Waals surface area contributed by atoms with Crippen LogP contribution in [-0.2, 0) is 17.7 Å². The molecule has 5 rings (SSSR count). The van der Waals surface area contributed by atoms with E-state index in [1.807, 2.05) is 35.2 Å². The standard InChI is InChI=1S/C31H33F2N5O5/c1-40-25-16-23-24(17-26(25)41-2)36-29(37-27(23)34)38-14-12-31(13-15-38,18-20-6-4-3-5-7-20)43-30(39)35-19-21-8-10-22(11-9-21)42-28(32)33/h3-11,16-17,28H,12-15,18-19H2,1-2H3,(H,35,39)(H2,34,36,37). The fraction of sp³-hybridized carbons (Fsp3) is 0.323. The predicted molar refractivity (Wildman–Crippen MR) is 158 cm³/mol. The number of piperidine rings is 1. The number of carbonyl (C=O) groups excluding carboxylic acids is 1. The summed E-state index contributed by atoms with van der Waals surface area (Å²) in [4.78, 5) is 24.4. The lowest BCUT2D eigenvalue weighted by atomic mass is 9.85. The molecule has 1 aliphatic rings. The average Bonchev–Trinajstić information content (AvgIpc) is 3.00. The molecule has 0 bridgehead atoms. The first-order valence-corrected chi connectivity index (χ1v) is 13.8. The lowest BCUT2D eigenvalue weighted by Gasteiger charge is -2.41. The van der Waals surface area contributed by atoms with Gasteiger partial charge in [-0.2, -0.15) is 13.8 Å². The van der Waals surface area contributed by atoms with Gasteiger partial charge in [0.2, 0.25) is 5.95 Å². The number of ether oxygens (including phenoxy) is 4. The first kappa shape index (κ1) is 29.6. The van der Waals surface area contributed by atoms with Crippen LogP contribution >= 0.6 is 0 Å². The topological polar surface area (TPSA) is 121 Å². The second-order valence-electron chi connectivity index (χ2n) is 10.2. The smallest absolute Gasteiger partial charge is 0.407 e. The van der Waals surface area contributed by atoms with Crippen LogP contribution in [0.4, 0.5) is 25.3 Å². The van der Waals surface area contributed by atoms with Crippen LogP contribution in [-0.4, -0.2) is 55.6 Å². The summed E-state index contributed by atoms with van der Waals surface area (Å²) in [7, 11) is 3.11. The number of nitrogens with zero attached hydrogens (tertiary/aromatic N) is 3. The van der Waals surface area contributed by atoms with Crippen LogP contribution < -0.4 is 30.2 Å². The summed E-state index contributed by atoms with van der Waals surface area (Å²) in [5, 5.41) is 3.44. The minimum Gasteiger partial charge on any atom is -0.493 e. The number of alkyl halides is 2. The molecule has 1 fully saturated rings. The molecule has 43 heavy (non-hydrogen) atoms. The number of anilines is 2. The molecule has 3 aromatic carbocycles. The van der Waals surface area contributed by atoms with Crippen LogP contribution in [0.1, 0.15) is 24.0 Å². The van der Waals surface area contributed by atoms with Gasteiger partial charge in [-0.15, -0.1) is 0 Å². The lowest BCUT2D eigenvalue weighted by molar-refractivity contribution is -0.0498. The maximum atomic E-state index is 13.0. The Kier molecular flexibility index (Phi) is 8.93. The fourth-order valence-electron chi connectivity index (χ4n) is 5.20. The van der Waals surface area contributed by atoms with Crippen LogP contribution in [0.15, 0.2) is 66.7 Å². The SMILES string of the molecule is COc1cc2nc(N3CCC(Cc4ccccc4)(OC(=O)NCc4ccc(OC(F)F)cc4)CC3)nc(N)c2cc1OC. The highest BCUT2D eigenvalue weighted by atomic mass is 19.3. The summed E-state index contributed by atoms with van der Waals surface area (Å²) < 4.78 is 46.2. The highest BCUT2D eigenvalue weighted by Gasteiger charge is 2.39. The first-order chi connectivity index (χ1) is 20.8. The Morgan fingerprint density at radius 1 is 0.977 bits per heavy atom. The van der Waals surface area contributed by atoms with Gasteiger partial charge in [-0.05, 0) is 29.3 Å². The van der Waals surface area contributed by atoms with E-state index < -0.39 is 18.3 Å². The van der Waals surface area contributed by atoms with Crippen molar-refractivity contribution in [2.75, 3.05) is 37.9 Å². The summed E-state index contributed by atoms with van der Waals surface area (Å²) in [5.41, 5.74) is 7.94. The van der Waals surface area contributed by atoms with Crippen LogP contribution in [0, 0.1) is 0 Å². The number of rotatable bonds is 10. The van der Waals surface area contributed by atoms with Crippen molar-refractivity contribution in [1.82, 2.24) is 15.3 Å². The number of alkyl carbamates (subject to hydrolysis) is 1. The van der Waals surface area contributed by atoms with Crippen molar-refractivity contribution < 1.29 is 32.5 Å². The van der Waals surface area contributed by atoms with Gasteiger partial charge in [0.25, 0.3) is 0 Å². The van der Waals surface area contributed by atoms with E-state index in [-0.39, 0.29) is 12.3 Å². The molecule has 0 spiro atoms. The van der Waals surface area contributed by atoms with Crippen molar-refractivity contribution in [2.45, 2.75) is 38.0 Å². The van der Waals surface area contributed by atoms with E-state index in [4.69, 9.17) is 24.9 Å². The molecule has 4 aromatic rings. The van der Waals surface area contributed by atoms with Crippen LogP contribution in [0.5, 0.6) is 17.2 Å². The quantitative estimate of drug-likeness (QED) is 0.251. The molecule has 0 aliphatic carbocycles. The van der Waals surface area contributed by atoms with Crippen LogP contribution in [0.25, 0.3) is 10.9 Å². The summed E-state index contributed by atoms with van der Waals surface area (Å²) in [6.07, 6.45) is 1.03. The second kappa shape index (κ2) is 13.0. The minimum atomic E-state index is -2.90. The predicted octanol–water partition coefficient (Wildman–Crippen LogP) is 5.34. The summed E-state index contributed by atoms with van der Waals surface area (Å²) in [6, 6.07) is 19.5. The van der Waals surface area contributed by atoms with Gasteiger partial charge in [0.05, 0.1) is 19.7 Å². The summed E-state index contributed by atoms with van der Waals surface area (Å²) in [6.45, 7) is -1.67. The van der Waals surface area contributed by atoms with E-state index in [1.165, 1.54) is 12.1 Å². The number of fused-ring (bicyclic) bond motifs is 1. The van der Waals surface area contributed by atoms with E-state index in [1.54, 1.807) is 38.5 Å². The van der Waals surface area contributed by atoms with Gasteiger partial charge in [-0.3, -0.25) is 0 Å². The highest BCUT2D eigenvalue weighted by molar-refractivity contribution is 5.91. The van der Waals surface area contributed by atoms with Crippen LogP contribution in [0.2, 0.25) is 0 Å². The minimum absolute atomic E-state index is 0.0471. The molecule has 12 heteroatoms. The van der Waals surface area contributed by atoms with E-state index in [9.17, 15) is 13.6 Å². The number of halogens is 2. The zero-order valence-electron chi connectivity index (χ0n) is 23.9. The zero-order valence-corrected chi connectivity index (χ0v) is 23.9. The Morgan fingerprint density at radius 3 is 2.30 bits per heavy atom. The zero-order chi connectivity index (χ0) is 30.4. The first-order valence-electron chi connectivity index (χ1n) is 13.8. The molecule has 0 radical (unpaired) electrons. The van der Waals surface area contributed by atoms with Crippen molar-refractivity contribution in [3.8, 4) is 17.2 Å². The van der Waals surface area contributed by atoms with Gasteiger partial charge < -0.3 is 34.9 Å². The number of hydrogen-bond acceptors (Lipinski definition) is 9. The molecule has 0 unspecified atom stereocenters. The third-order valence-corrected chi connectivity index (χ3v) is 7.44. The molecule has 1 aromatic heterocycles. The molecule has 3 N–H and O–H groups in total. The number of hydrogen-bond donors (Lipinski definition) is 2. The molecule has 10 nitrogen and oxygen atoms in total. The van der Waals surface area contributed by atoms with Crippen molar-refractivity contribution in [3.63, 3.8) is 0 Å². The molecule has 0 saturated carbocycles. The van der Waals surface area contributed by atoms with E-state index >= 15 is 0 Å². The Labute approximate surface area is 247 Å². The Balaban J connectivity index is 1.29. The third-order valence-electron chi connectivity index (χ3n) is 7.44. The van der Waals surface area contributed by atoms with Gasteiger partial charge >= 0.3 is 12.7 Å². The third kappa shape index (κ3) is 7.14. The van der Waals surface area contributed by atoms with Crippen molar-refractivity contribution >= 4 is 28.8 Å². The number of nitrogen functional groups attached to an aromatic ring is 1. The number of nitrogens with one attached hydrogen (secondary N) is 1. The summed E-state index contributed by atoms with van der Waals surface area (Å²) >= 11 is 0. The van der Waals surface area contributed by atoms with Gasteiger partial charge in [0, 0.05) is 50.3 Å². The molecule has 226 valence electrons. The van der Waals surface area contributed by atoms with Gasteiger partial charge in [0.1, 0.15) is 17.2 Å². The molecule has 1 saturated heterocycles. The van der Waals surface area contributed by atoms with E-state index in [2.05, 4.69) is 15.0 Å². The normalized spacial score (nSPS) is 14.4. The van der Waals surface area contributed by atoms with Crippen LogP contribution in [0.3, 0.4) is 0 Å². The Morgan fingerprint density at radius 2 is 1.65 bits per heavy atom. The number of nitrogens with two attached hydrogens (primary N) is 1. The maximum Gasteiger partial charge on any atom is 0.407 e. The number of carbonyl (C=O) groups is 1. The number of amides is 1. The molecule has 0 atom stereocenters. The number of benzene rings is 3. The van der Waals surface area contributed by atoms with E-state index in [0.717, 1.165) is 5.56 Å². The average molecular weight is 594 g/mol. The number of aromatic nitrogens is 2. The van der Waals surface area contributed by atoms with E-state index in [0.29, 0.717) is 72.1 Å². The molecule has 1 aliphatic heterocycles. The van der Waals surface area contributed by atoms with Gasteiger partial charge in [0.15, 0.2) is 11.5 Å². The Bertz CT molecular complexity index is 1550. The monoisotopic (exact) mass is 593 g/mol. The van der Waals surface area contributed by atoms with Gasteiger partial charge in [-0.1, -0.05) is 42.5 Å². The van der Waals surface area contributed by atoms with Crippen molar-refractivity contribution in [1.29, 1.82) is 0 Å². The molecule has 2 heterocycles. The highest BCUT2D eigenvalue weighted by Crippen LogP contribution is 2.36. The Hall–Kier alpha value is -4.87. The molecular formula is C31H33F2N5O5. The molecular weight excluding hydrogens is 560 g/mol. The number of methoxy groups -OCH3 is 2. The maximum absolute atomic E-state index is 13.0.